The summed E-state index contributed by atoms with van der Waals surface area (Å²) in [6.07, 6.45) is 3.56. The maximum Gasteiger partial charge on any atom is 0.0969 e. The topological polar surface area (TPSA) is 49.5 Å². The van der Waals surface area contributed by atoms with E-state index in [1.165, 1.54) is 0 Å². The van der Waals surface area contributed by atoms with E-state index in [0.29, 0.717) is 0 Å². The summed E-state index contributed by atoms with van der Waals surface area (Å²) in [6, 6.07) is 8.01. The maximum atomic E-state index is 10.4. The summed E-state index contributed by atoms with van der Waals surface area (Å²) in [6.45, 7) is 0. The van der Waals surface area contributed by atoms with Crippen LogP contribution in [0.5, 0.6) is 0 Å². The van der Waals surface area contributed by atoms with Crippen molar-refractivity contribution >= 4 is 5.69 Å². The highest BCUT2D eigenvalue weighted by molar-refractivity contribution is 5.46. The molecule has 0 radical (unpaired) electrons. The minimum Gasteiger partial charge on any atom is -0.386 e. The van der Waals surface area contributed by atoms with Crippen LogP contribution >= 0.6 is 0 Å². The van der Waals surface area contributed by atoms with Crippen LogP contribution in [-0.2, 0) is 0 Å². The second kappa shape index (κ2) is 4.67. The van der Waals surface area contributed by atoms with E-state index >= 15 is 0 Å². The fourth-order valence-corrected chi connectivity index (χ4v) is 2.59. The Morgan fingerprint density at radius 1 is 1.18 bits per heavy atom. The first kappa shape index (κ1) is 12.4. The molecule has 0 saturated heterocycles. The van der Waals surface area contributed by atoms with Crippen molar-refractivity contribution in [1.82, 2.24) is 0 Å². The average Bonchev–Trinajstić information content (AvgIpc) is 2.76. The molecule has 0 aliphatic heterocycles. The fourth-order valence-electron chi connectivity index (χ4n) is 2.59. The number of hydrogen-bond donors (Lipinski definition) is 2. The molecule has 1 aromatic carbocycles. The number of nitrogens with two attached hydrogens (primary N) is 1. The standard InChI is InChI=1S/C14H22N2O/c1-16(2)12-7-5-11(6-8-12)13(17)14(15)9-3-4-10-14/h5-8,13,17H,3-4,9-10,15H2,1-2H3. The minimum absolute atomic E-state index is 0.417. The lowest BCUT2D eigenvalue weighted by Crippen LogP contribution is -2.42. The maximum absolute atomic E-state index is 10.4. The number of rotatable bonds is 3. The van der Waals surface area contributed by atoms with Gasteiger partial charge in [0.05, 0.1) is 6.10 Å². The lowest BCUT2D eigenvalue weighted by Gasteiger charge is -2.30. The number of benzene rings is 1. The van der Waals surface area contributed by atoms with Crippen LogP contribution in [0.25, 0.3) is 0 Å². The van der Waals surface area contributed by atoms with Crippen molar-refractivity contribution in [2.24, 2.45) is 5.73 Å². The van der Waals surface area contributed by atoms with Crippen LogP contribution < -0.4 is 10.6 Å². The molecule has 1 aromatic rings. The van der Waals surface area contributed by atoms with Gasteiger partial charge in [0.2, 0.25) is 0 Å². The van der Waals surface area contributed by atoms with E-state index in [0.717, 1.165) is 36.9 Å². The van der Waals surface area contributed by atoms with E-state index in [9.17, 15) is 5.11 Å². The molecule has 0 spiro atoms. The molecule has 0 bridgehead atoms. The van der Waals surface area contributed by atoms with Gasteiger partial charge in [0.1, 0.15) is 0 Å². The van der Waals surface area contributed by atoms with Crippen molar-refractivity contribution in [2.45, 2.75) is 37.3 Å². The molecule has 1 unspecified atom stereocenters. The van der Waals surface area contributed by atoms with Gasteiger partial charge in [-0.3, -0.25) is 0 Å². The predicted molar refractivity (Wildman–Crippen MR) is 71.1 cm³/mol. The molecule has 1 aliphatic carbocycles. The number of anilines is 1. The van der Waals surface area contributed by atoms with Crippen molar-refractivity contribution in [1.29, 1.82) is 0 Å². The van der Waals surface area contributed by atoms with Crippen molar-refractivity contribution in [2.75, 3.05) is 19.0 Å². The van der Waals surface area contributed by atoms with Crippen LogP contribution in [0.2, 0.25) is 0 Å². The summed E-state index contributed by atoms with van der Waals surface area (Å²) >= 11 is 0. The summed E-state index contributed by atoms with van der Waals surface area (Å²) in [4.78, 5) is 2.05. The van der Waals surface area contributed by atoms with Gasteiger partial charge in [-0.15, -0.1) is 0 Å². The van der Waals surface area contributed by atoms with Crippen LogP contribution in [0.3, 0.4) is 0 Å². The monoisotopic (exact) mass is 234 g/mol. The van der Waals surface area contributed by atoms with Crippen LogP contribution in [0.1, 0.15) is 37.4 Å². The number of aliphatic hydroxyl groups excluding tert-OH is 1. The summed E-state index contributed by atoms with van der Waals surface area (Å²) < 4.78 is 0. The van der Waals surface area contributed by atoms with Gasteiger partial charge < -0.3 is 15.7 Å². The van der Waals surface area contributed by atoms with Gasteiger partial charge in [-0.25, -0.2) is 0 Å². The molecule has 3 nitrogen and oxygen atoms in total. The molecule has 0 heterocycles. The number of nitrogens with zero attached hydrogens (tertiary/aromatic N) is 1. The third kappa shape index (κ3) is 2.45. The molecule has 94 valence electrons. The first-order valence-corrected chi connectivity index (χ1v) is 6.27. The van der Waals surface area contributed by atoms with E-state index < -0.39 is 11.6 Å². The lowest BCUT2D eigenvalue weighted by atomic mass is 9.87. The largest absolute Gasteiger partial charge is 0.386 e. The highest BCUT2D eigenvalue weighted by Crippen LogP contribution is 2.37. The van der Waals surface area contributed by atoms with Gasteiger partial charge in [-0.05, 0) is 30.5 Å². The van der Waals surface area contributed by atoms with Crippen molar-refractivity contribution in [3.8, 4) is 0 Å². The third-order valence-electron chi connectivity index (χ3n) is 3.80. The zero-order chi connectivity index (χ0) is 12.5. The number of aliphatic hydroxyl groups is 1. The van der Waals surface area contributed by atoms with E-state index in [2.05, 4.69) is 0 Å². The van der Waals surface area contributed by atoms with Gasteiger partial charge in [0.25, 0.3) is 0 Å². The molecule has 1 atom stereocenters. The molecule has 3 heteroatoms. The number of hydrogen-bond acceptors (Lipinski definition) is 3. The first-order chi connectivity index (χ1) is 8.03. The molecule has 0 aromatic heterocycles. The Labute approximate surface area is 103 Å². The summed E-state index contributed by atoms with van der Waals surface area (Å²) in [5.74, 6) is 0. The molecular formula is C14H22N2O. The van der Waals surface area contributed by atoms with Gasteiger partial charge >= 0.3 is 0 Å². The quantitative estimate of drug-likeness (QED) is 0.841. The van der Waals surface area contributed by atoms with E-state index in [-0.39, 0.29) is 0 Å². The molecule has 1 aliphatic rings. The van der Waals surface area contributed by atoms with Crippen LogP contribution in [0, 0.1) is 0 Å². The highest BCUT2D eigenvalue weighted by Gasteiger charge is 2.37. The summed E-state index contributed by atoms with van der Waals surface area (Å²) in [5, 5.41) is 10.4. The van der Waals surface area contributed by atoms with Crippen molar-refractivity contribution in [3.63, 3.8) is 0 Å². The van der Waals surface area contributed by atoms with Gasteiger partial charge in [0.15, 0.2) is 0 Å². The zero-order valence-corrected chi connectivity index (χ0v) is 10.7. The van der Waals surface area contributed by atoms with Gasteiger partial charge in [0, 0.05) is 25.3 Å². The Hall–Kier alpha value is -1.06. The average molecular weight is 234 g/mol. The second-order valence-corrected chi connectivity index (χ2v) is 5.33. The van der Waals surface area contributed by atoms with E-state index in [1.54, 1.807) is 0 Å². The molecule has 17 heavy (non-hydrogen) atoms. The lowest BCUT2D eigenvalue weighted by molar-refractivity contribution is 0.0872. The Morgan fingerprint density at radius 3 is 2.18 bits per heavy atom. The molecule has 1 saturated carbocycles. The summed E-state index contributed by atoms with van der Waals surface area (Å²) in [7, 11) is 4.01. The molecular weight excluding hydrogens is 212 g/mol. The Morgan fingerprint density at radius 2 is 1.71 bits per heavy atom. The molecule has 0 amide bonds. The van der Waals surface area contributed by atoms with Crippen LogP contribution in [-0.4, -0.2) is 24.7 Å². The summed E-state index contributed by atoms with van der Waals surface area (Å²) in [5.41, 5.74) is 7.92. The molecule has 3 N–H and O–H groups in total. The Kier molecular flexibility index (Phi) is 3.40. The van der Waals surface area contributed by atoms with Crippen molar-refractivity contribution in [3.05, 3.63) is 29.8 Å². The Bertz CT molecular complexity index is 366. The third-order valence-corrected chi connectivity index (χ3v) is 3.80. The van der Waals surface area contributed by atoms with E-state index in [4.69, 9.17) is 5.73 Å². The van der Waals surface area contributed by atoms with Crippen molar-refractivity contribution < 1.29 is 5.11 Å². The van der Waals surface area contributed by atoms with Gasteiger partial charge in [-0.1, -0.05) is 25.0 Å². The highest BCUT2D eigenvalue weighted by atomic mass is 16.3. The Balaban J connectivity index is 2.16. The van der Waals surface area contributed by atoms with Crippen LogP contribution in [0.15, 0.2) is 24.3 Å². The molecule has 1 fully saturated rings. The normalized spacial score (nSPS) is 20.2. The van der Waals surface area contributed by atoms with E-state index in [1.807, 2.05) is 43.3 Å². The van der Waals surface area contributed by atoms with Gasteiger partial charge in [-0.2, -0.15) is 0 Å². The fraction of sp³-hybridized carbons (Fsp3) is 0.571. The minimum atomic E-state index is -0.541. The first-order valence-electron chi connectivity index (χ1n) is 6.27. The zero-order valence-electron chi connectivity index (χ0n) is 10.7. The smallest absolute Gasteiger partial charge is 0.0969 e. The van der Waals surface area contributed by atoms with Crippen LogP contribution in [0.4, 0.5) is 5.69 Å². The predicted octanol–water partition coefficient (Wildman–Crippen LogP) is 2.06. The molecule has 2 rings (SSSR count). The SMILES string of the molecule is CN(C)c1ccc(C(O)C2(N)CCCC2)cc1. The second-order valence-electron chi connectivity index (χ2n) is 5.33.